The topological polar surface area (TPSA) is 69.7 Å². The predicted octanol–water partition coefficient (Wildman–Crippen LogP) is 3.67. The SMILES string of the molecule is COc1ccc(N2CCN(C(=O)/C(C#N)=C/c3ccc([C@H]4C[C@@H]4C)o3)CC2)cc1. The van der Waals surface area contributed by atoms with Crippen LogP contribution >= 0.6 is 0 Å². The largest absolute Gasteiger partial charge is 0.497 e. The number of piperazine rings is 1. The van der Waals surface area contributed by atoms with Crippen LogP contribution in [0.2, 0.25) is 0 Å². The van der Waals surface area contributed by atoms with Gasteiger partial charge < -0.3 is 19.0 Å². The van der Waals surface area contributed by atoms with Gasteiger partial charge in [0.05, 0.1) is 7.11 Å². The van der Waals surface area contributed by atoms with E-state index in [1.807, 2.05) is 42.5 Å². The van der Waals surface area contributed by atoms with Crippen molar-refractivity contribution < 1.29 is 13.9 Å². The Morgan fingerprint density at radius 3 is 2.45 bits per heavy atom. The van der Waals surface area contributed by atoms with E-state index < -0.39 is 0 Å². The van der Waals surface area contributed by atoms with E-state index in [-0.39, 0.29) is 11.5 Å². The van der Waals surface area contributed by atoms with E-state index in [1.165, 1.54) is 0 Å². The van der Waals surface area contributed by atoms with Gasteiger partial charge in [-0.1, -0.05) is 6.92 Å². The van der Waals surface area contributed by atoms with Crippen LogP contribution in [0.15, 0.2) is 46.4 Å². The molecule has 6 nitrogen and oxygen atoms in total. The molecule has 1 saturated carbocycles. The molecule has 0 unspecified atom stereocenters. The summed E-state index contributed by atoms with van der Waals surface area (Å²) in [7, 11) is 1.65. The molecule has 0 bridgehead atoms. The molecule has 0 N–H and O–H groups in total. The molecular weight excluding hydrogens is 366 g/mol. The van der Waals surface area contributed by atoms with E-state index in [9.17, 15) is 10.1 Å². The number of hydrogen-bond donors (Lipinski definition) is 0. The van der Waals surface area contributed by atoms with Crippen molar-refractivity contribution in [1.29, 1.82) is 5.26 Å². The van der Waals surface area contributed by atoms with Crippen LogP contribution in [0.3, 0.4) is 0 Å². The molecule has 2 fully saturated rings. The van der Waals surface area contributed by atoms with Crippen molar-refractivity contribution in [3.63, 3.8) is 0 Å². The number of methoxy groups -OCH3 is 1. The van der Waals surface area contributed by atoms with Crippen molar-refractivity contribution in [2.45, 2.75) is 19.3 Å². The lowest BCUT2D eigenvalue weighted by atomic mass is 10.2. The Labute approximate surface area is 171 Å². The highest BCUT2D eigenvalue weighted by Crippen LogP contribution is 2.47. The van der Waals surface area contributed by atoms with Gasteiger partial charge in [-0.25, -0.2) is 0 Å². The Bertz CT molecular complexity index is 946. The second kappa shape index (κ2) is 8.04. The molecule has 1 aromatic heterocycles. The van der Waals surface area contributed by atoms with Gasteiger partial charge in [-0.3, -0.25) is 4.79 Å². The number of nitrogens with zero attached hydrogens (tertiary/aromatic N) is 3. The maximum Gasteiger partial charge on any atom is 0.264 e. The number of ether oxygens (including phenoxy) is 1. The van der Waals surface area contributed by atoms with Crippen LogP contribution in [-0.2, 0) is 4.79 Å². The van der Waals surface area contributed by atoms with Crippen LogP contribution in [0, 0.1) is 17.2 Å². The summed E-state index contributed by atoms with van der Waals surface area (Å²) in [5.41, 5.74) is 1.22. The second-order valence-corrected chi connectivity index (χ2v) is 7.71. The highest BCUT2D eigenvalue weighted by atomic mass is 16.5. The third-order valence-corrected chi connectivity index (χ3v) is 5.76. The van der Waals surface area contributed by atoms with Crippen molar-refractivity contribution in [3.05, 3.63) is 53.5 Å². The molecule has 1 aromatic carbocycles. The fraction of sp³-hybridized carbons (Fsp3) is 0.391. The number of rotatable bonds is 5. The average molecular weight is 391 g/mol. The van der Waals surface area contributed by atoms with Gasteiger partial charge in [0.1, 0.15) is 28.9 Å². The molecule has 1 saturated heterocycles. The lowest BCUT2D eigenvalue weighted by molar-refractivity contribution is -0.126. The molecule has 6 heteroatoms. The average Bonchev–Trinajstić information content (AvgIpc) is 3.31. The van der Waals surface area contributed by atoms with Gasteiger partial charge in [-0.05, 0) is 48.7 Å². The van der Waals surface area contributed by atoms with Gasteiger partial charge in [-0.2, -0.15) is 5.26 Å². The summed E-state index contributed by atoms with van der Waals surface area (Å²) >= 11 is 0. The number of hydrogen-bond acceptors (Lipinski definition) is 5. The maximum absolute atomic E-state index is 12.8. The lowest BCUT2D eigenvalue weighted by Crippen LogP contribution is -2.49. The molecule has 2 aromatic rings. The van der Waals surface area contributed by atoms with E-state index in [0.29, 0.717) is 30.7 Å². The number of furan rings is 1. The van der Waals surface area contributed by atoms with Crippen molar-refractivity contribution >= 4 is 17.7 Å². The van der Waals surface area contributed by atoms with Crippen molar-refractivity contribution in [2.75, 3.05) is 38.2 Å². The van der Waals surface area contributed by atoms with Crippen molar-refractivity contribution in [3.8, 4) is 11.8 Å². The predicted molar refractivity (Wildman–Crippen MR) is 111 cm³/mol. The smallest absolute Gasteiger partial charge is 0.264 e. The minimum absolute atomic E-state index is 0.118. The molecule has 2 atom stereocenters. The molecule has 2 aliphatic rings. The highest BCUT2D eigenvalue weighted by molar-refractivity contribution is 6.01. The first-order chi connectivity index (χ1) is 14.1. The van der Waals surface area contributed by atoms with Gasteiger partial charge >= 0.3 is 0 Å². The van der Waals surface area contributed by atoms with E-state index in [2.05, 4.69) is 11.8 Å². The molecule has 1 amide bonds. The van der Waals surface area contributed by atoms with Crippen LogP contribution in [0.1, 0.15) is 30.8 Å². The zero-order valence-electron chi connectivity index (χ0n) is 16.8. The second-order valence-electron chi connectivity index (χ2n) is 7.71. The van der Waals surface area contributed by atoms with E-state index in [1.54, 1.807) is 18.1 Å². The van der Waals surface area contributed by atoms with Gasteiger partial charge in [0, 0.05) is 43.9 Å². The summed E-state index contributed by atoms with van der Waals surface area (Å²) in [5, 5.41) is 9.51. The summed E-state index contributed by atoms with van der Waals surface area (Å²) in [4.78, 5) is 16.8. The van der Waals surface area contributed by atoms with Gasteiger partial charge in [-0.15, -0.1) is 0 Å². The Morgan fingerprint density at radius 2 is 1.86 bits per heavy atom. The fourth-order valence-corrected chi connectivity index (χ4v) is 3.78. The Morgan fingerprint density at radius 1 is 1.17 bits per heavy atom. The van der Waals surface area contributed by atoms with Crippen LogP contribution in [0.5, 0.6) is 5.75 Å². The van der Waals surface area contributed by atoms with Crippen LogP contribution in [0.25, 0.3) is 6.08 Å². The van der Waals surface area contributed by atoms with Gasteiger partial charge in [0.25, 0.3) is 5.91 Å². The van der Waals surface area contributed by atoms with E-state index in [0.717, 1.165) is 36.7 Å². The van der Waals surface area contributed by atoms with E-state index in [4.69, 9.17) is 9.15 Å². The standard InChI is InChI=1S/C23H25N3O3/c1-16-13-21(16)22-8-7-20(29-22)14-17(15-24)23(27)26-11-9-25(10-12-26)18-3-5-19(28-2)6-4-18/h3-8,14,16,21H,9-13H2,1-2H3/b17-14+/t16-,21-/m0/s1. The maximum atomic E-state index is 12.8. The fourth-order valence-electron chi connectivity index (χ4n) is 3.78. The van der Waals surface area contributed by atoms with E-state index >= 15 is 0 Å². The third kappa shape index (κ3) is 4.14. The minimum Gasteiger partial charge on any atom is -0.497 e. The Hall–Kier alpha value is -3.20. The normalized spacial score (nSPS) is 21.6. The molecule has 29 heavy (non-hydrogen) atoms. The molecule has 0 radical (unpaired) electrons. The molecule has 0 spiro atoms. The van der Waals surface area contributed by atoms with Crippen molar-refractivity contribution in [2.24, 2.45) is 5.92 Å². The number of anilines is 1. The number of carbonyl (C=O) groups is 1. The lowest BCUT2D eigenvalue weighted by Gasteiger charge is -2.36. The summed E-state index contributed by atoms with van der Waals surface area (Å²) < 4.78 is 11.0. The first kappa shape index (κ1) is 19.1. The first-order valence-electron chi connectivity index (χ1n) is 9.99. The molecule has 1 aliphatic carbocycles. The van der Waals surface area contributed by atoms with Gasteiger partial charge in [0.2, 0.25) is 0 Å². The number of amides is 1. The molecule has 2 heterocycles. The van der Waals surface area contributed by atoms with Crippen LogP contribution in [-0.4, -0.2) is 44.1 Å². The molecule has 150 valence electrons. The summed E-state index contributed by atoms with van der Waals surface area (Å²) in [6.07, 6.45) is 2.70. The van der Waals surface area contributed by atoms with Gasteiger partial charge in [0.15, 0.2) is 0 Å². The monoisotopic (exact) mass is 391 g/mol. The molecule has 1 aliphatic heterocycles. The number of benzene rings is 1. The zero-order chi connectivity index (χ0) is 20.4. The number of nitriles is 1. The first-order valence-corrected chi connectivity index (χ1v) is 9.99. The summed E-state index contributed by atoms with van der Waals surface area (Å²) in [6, 6.07) is 13.7. The quantitative estimate of drug-likeness (QED) is 0.575. The highest BCUT2D eigenvalue weighted by Gasteiger charge is 2.36. The van der Waals surface area contributed by atoms with Crippen molar-refractivity contribution in [1.82, 2.24) is 4.90 Å². The zero-order valence-corrected chi connectivity index (χ0v) is 16.8. The van der Waals surface area contributed by atoms with Crippen LogP contribution < -0.4 is 9.64 Å². The number of carbonyl (C=O) groups excluding carboxylic acids is 1. The molecule has 4 rings (SSSR count). The minimum atomic E-state index is -0.236. The van der Waals surface area contributed by atoms with Crippen LogP contribution in [0.4, 0.5) is 5.69 Å². The Kier molecular flexibility index (Phi) is 5.30. The summed E-state index contributed by atoms with van der Waals surface area (Å²) in [5.74, 6) is 3.23. The Balaban J connectivity index is 1.38. The molecular formula is C23H25N3O3. The summed E-state index contributed by atoms with van der Waals surface area (Å²) in [6.45, 7) is 4.79. The third-order valence-electron chi connectivity index (χ3n) is 5.76.